The number of nitrogens with one attached hydrogen (secondary N) is 3. The molecule has 3 N–H and O–H groups in total. The average molecular weight is 601 g/mol. The molecule has 0 bridgehead atoms. The number of hydrogen-bond donors (Lipinski definition) is 3. The van der Waals surface area contributed by atoms with Gasteiger partial charge in [0.15, 0.2) is 0 Å². The molecule has 0 saturated carbocycles. The number of amides is 2. The lowest BCUT2D eigenvalue weighted by molar-refractivity contribution is -0.114. The van der Waals surface area contributed by atoms with E-state index in [1.807, 2.05) is 0 Å². The molecule has 1 aromatic heterocycles. The molecule has 0 spiro atoms. The van der Waals surface area contributed by atoms with Gasteiger partial charge in [-0.2, -0.15) is 5.26 Å². The Labute approximate surface area is 251 Å². The molecule has 12 heteroatoms. The molecule has 1 aliphatic heterocycles. The van der Waals surface area contributed by atoms with E-state index >= 15 is 0 Å². The Balaban J connectivity index is 1.54. The Morgan fingerprint density at radius 3 is 2.42 bits per heavy atom. The number of nitriles is 1. The van der Waals surface area contributed by atoms with Crippen LogP contribution in [0.4, 0.5) is 11.4 Å². The number of anilines is 2. The van der Waals surface area contributed by atoms with Crippen molar-refractivity contribution < 1.29 is 33.1 Å². The normalized spacial score (nSPS) is 14.3. The van der Waals surface area contributed by atoms with Gasteiger partial charge in [-0.15, -0.1) is 0 Å². The third-order valence-corrected chi connectivity index (χ3v) is 7.34. The highest BCUT2D eigenvalue weighted by atomic mass is 32.2. The molecular formula is C31H28N4O7S. The smallest absolute Gasteiger partial charge is 0.339 e. The van der Waals surface area contributed by atoms with Crippen molar-refractivity contribution in [2.24, 2.45) is 0 Å². The van der Waals surface area contributed by atoms with Gasteiger partial charge in [-0.25, -0.2) is 9.59 Å². The van der Waals surface area contributed by atoms with E-state index in [9.17, 15) is 24.4 Å². The first-order valence-corrected chi connectivity index (χ1v) is 14.1. The van der Waals surface area contributed by atoms with Crippen molar-refractivity contribution in [2.75, 3.05) is 30.1 Å². The number of dihydropyridines is 1. The lowest BCUT2D eigenvalue weighted by atomic mass is 9.85. The summed E-state index contributed by atoms with van der Waals surface area (Å²) >= 11 is 1.10. The molecule has 1 atom stereocenters. The summed E-state index contributed by atoms with van der Waals surface area (Å²) in [5, 5.41) is 19.2. The van der Waals surface area contributed by atoms with Gasteiger partial charge in [0.1, 0.15) is 5.76 Å². The van der Waals surface area contributed by atoms with E-state index in [1.165, 1.54) is 19.4 Å². The zero-order chi connectivity index (χ0) is 30.9. The second-order valence-corrected chi connectivity index (χ2v) is 10.1. The van der Waals surface area contributed by atoms with E-state index in [1.54, 1.807) is 68.4 Å². The number of benzene rings is 2. The zero-order valence-electron chi connectivity index (χ0n) is 23.6. The summed E-state index contributed by atoms with van der Waals surface area (Å²) in [5.41, 5.74) is 2.09. The first kappa shape index (κ1) is 30.7. The number of ether oxygens (including phenoxy) is 2. The number of methoxy groups -OCH3 is 1. The van der Waals surface area contributed by atoms with Crippen LogP contribution in [-0.4, -0.2) is 43.2 Å². The molecule has 11 nitrogen and oxygen atoms in total. The van der Waals surface area contributed by atoms with Crippen LogP contribution in [0.2, 0.25) is 0 Å². The van der Waals surface area contributed by atoms with Crippen LogP contribution in [0, 0.1) is 11.3 Å². The lowest BCUT2D eigenvalue weighted by Crippen LogP contribution is -2.31. The van der Waals surface area contributed by atoms with Crippen LogP contribution in [0.25, 0.3) is 0 Å². The number of carbonyl (C=O) groups excluding carboxylic acids is 4. The Bertz CT molecular complexity index is 1640. The SMILES string of the molecule is CCOC(=O)c1ccc(NC(=O)CSC2=C(C#N)C(c3ccco3)C(C(=O)Nc3ccccc3C(=O)OC)=C(C)N2)cc1. The molecule has 0 aliphatic carbocycles. The molecule has 220 valence electrons. The highest BCUT2D eigenvalue weighted by Gasteiger charge is 2.37. The molecule has 2 heterocycles. The molecule has 1 aliphatic rings. The van der Waals surface area contributed by atoms with E-state index in [-0.39, 0.29) is 40.7 Å². The molecule has 0 saturated heterocycles. The summed E-state index contributed by atoms with van der Waals surface area (Å²) in [4.78, 5) is 50.5. The van der Waals surface area contributed by atoms with E-state index < -0.39 is 23.8 Å². The quantitative estimate of drug-likeness (QED) is 0.272. The van der Waals surface area contributed by atoms with E-state index in [0.29, 0.717) is 27.7 Å². The number of hydrogen-bond acceptors (Lipinski definition) is 10. The van der Waals surface area contributed by atoms with Crippen molar-refractivity contribution >= 4 is 46.9 Å². The minimum absolute atomic E-state index is 0.0562. The Morgan fingerprint density at radius 1 is 1.02 bits per heavy atom. The lowest BCUT2D eigenvalue weighted by Gasteiger charge is -2.28. The predicted molar refractivity (Wildman–Crippen MR) is 160 cm³/mol. The monoisotopic (exact) mass is 600 g/mol. The number of carbonyl (C=O) groups is 4. The number of allylic oxidation sites excluding steroid dienone is 2. The molecule has 0 radical (unpaired) electrons. The highest BCUT2D eigenvalue weighted by molar-refractivity contribution is 8.03. The molecule has 2 amide bonds. The summed E-state index contributed by atoms with van der Waals surface area (Å²) in [6, 6.07) is 18.2. The molecule has 2 aromatic carbocycles. The van der Waals surface area contributed by atoms with E-state index in [4.69, 9.17) is 13.9 Å². The van der Waals surface area contributed by atoms with Crippen LogP contribution in [0.1, 0.15) is 46.2 Å². The second kappa shape index (κ2) is 14.1. The van der Waals surface area contributed by atoms with Crippen molar-refractivity contribution in [1.29, 1.82) is 5.26 Å². The molecule has 4 rings (SSSR count). The fourth-order valence-corrected chi connectivity index (χ4v) is 5.27. The molecule has 43 heavy (non-hydrogen) atoms. The fraction of sp³-hybridized carbons (Fsp3) is 0.194. The van der Waals surface area contributed by atoms with Gasteiger partial charge >= 0.3 is 11.9 Å². The van der Waals surface area contributed by atoms with Crippen LogP contribution in [0.5, 0.6) is 0 Å². The third-order valence-electron chi connectivity index (χ3n) is 6.33. The van der Waals surface area contributed by atoms with Gasteiger partial charge in [-0.1, -0.05) is 23.9 Å². The molecule has 1 unspecified atom stereocenters. The Kier molecular flexibility index (Phi) is 10.0. The van der Waals surface area contributed by atoms with Crippen LogP contribution in [-0.2, 0) is 19.1 Å². The van der Waals surface area contributed by atoms with Gasteiger partial charge in [0.25, 0.3) is 5.91 Å². The Hall–Kier alpha value is -5.28. The van der Waals surface area contributed by atoms with Gasteiger partial charge in [0.2, 0.25) is 5.91 Å². The first-order valence-electron chi connectivity index (χ1n) is 13.1. The topological polar surface area (TPSA) is 160 Å². The summed E-state index contributed by atoms with van der Waals surface area (Å²) in [5.74, 6) is -2.55. The van der Waals surface area contributed by atoms with Crippen LogP contribution >= 0.6 is 11.8 Å². The largest absolute Gasteiger partial charge is 0.468 e. The van der Waals surface area contributed by atoms with Gasteiger partial charge in [0.05, 0.1) is 70.7 Å². The maximum atomic E-state index is 13.7. The summed E-state index contributed by atoms with van der Waals surface area (Å²) in [6.45, 7) is 3.65. The van der Waals surface area contributed by atoms with Crippen LogP contribution in [0.15, 0.2) is 93.2 Å². The maximum Gasteiger partial charge on any atom is 0.339 e. The highest BCUT2D eigenvalue weighted by Crippen LogP contribution is 2.41. The van der Waals surface area contributed by atoms with E-state index in [0.717, 1.165) is 11.8 Å². The summed E-state index contributed by atoms with van der Waals surface area (Å²) in [7, 11) is 1.25. The molecular weight excluding hydrogens is 572 g/mol. The van der Waals surface area contributed by atoms with Crippen LogP contribution in [0.3, 0.4) is 0 Å². The summed E-state index contributed by atoms with van der Waals surface area (Å²) < 4.78 is 15.4. The van der Waals surface area contributed by atoms with Gasteiger partial charge in [-0.05, 0) is 62.4 Å². The zero-order valence-corrected chi connectivity index (χ0v) is 24.4. The minimum Gasteiger partial charge on any atom is -0.468 e. The second-order valence-electron chi connectivity index (χ2n) is 9.09. The number of thioether (sulfide) groups is 1. The number of nitrogens with zero attached hydrogens (tertiary/aromatic N) is 1. The van der Waals surface area contributed by atoms with Crippen molar-refractivity contribution in [3.8, 4) is 6.07 Å². The maximum absolute atomic E-state index is 13.7. The first-order chi connectivity index (χ1) is 20.8. The van der Waals surface area contributed by atoms with Gasteiger partial charge < -0.3 is 29.8 Å². The predicted octanol–water partition coefficient (Wildman–Crippen LogP) is 4.95. The number of rotatable bonds is 10. The van der Waals surface area contributed by atoms with Gasteiger partial charge in [-0.3, -0.25) is 9.59 Å². The van der Waals surface area contributed by atoms with Crippen molar-refractivity contribution in [2.45, 2.75) is 19.8 Å². The van der Waals surface area contributed by atoms with Crippen molar-refractivity contribution in [3.05, 3.63) is 106 Å². The fourth-order valence-electron chi connectivity index (χ4n) is 4.38. The number of para-hydroxylation sites is 1. The Morgan fingerprint density at radius 2 is 1.77 bits per heavy atom. The number of esters is 2. The number of furan rings is 1. The van der Waals surface area contributed by atoms with Crippen molar-refractivity contribution in [1.82, 2.24) is 5.32 Å². The van der Waals surface area contributed by atoms with Gasteiger partial charge in [0, 0.05) is 11.4 Å². The average Bonchev–Trinajstić information content (AvgIpc) is 3.55. The standard InChI is InChI=1S/C31H28N4O7S/c1-4-41-30(38)19-11-13-20(14-12-19)34-25(36)17-43-29-22(16-32)27(24-10-7-15-42-24)26(18(2)33-29)28(37)35-23-9-6-5-8-21(23)31(39)40-3/h5-15,27,33H,4,17H2,1-3H3,(H,34,36)(H,35,37). The molecule has 0 fully saturated rings. The van der Waals surface area contributed by atoms with E-state index in [2.05, 4.69) is 22.0 Å². The van der Waals surface area contributed by atoms with Crippen LogP contribution < -0.4 is 16.0 Å². The van der Waals surface area contributed by atoms with Crippen molar-refractivity contribution in [3.63, 3.8) is 0 Å². The third kappa shape index (κ3) is 7.14. The molecule has 3 aromatic rings. The summed E-state index contributed by atoms with van der Waals surface area (Å²) in [6.07, 6.45) is 1.44. The minimum atomic E-state index is -0.882.